The lowest BCUT2D eigenvalue weighted by atomic mass is 10.0. The molecule has 2 rings (SSSR count). The number of hydrogen-bond donors (Lipinski definition) is 1. The summed E-state index contributed by atoms with van der Waals surface area (Å²) in [6.07, 6.45) is 0. The number of piperazine rings is 1. The summed E-state index contributed by atoms with van der Waals surface area (Å²) < 4.78 is 5.16. The van der Waals surface area contributed by atoms with Gasteiger partial charge in [-0.05, 0) is 27.0 Å². The lowest BCUT2D eigenvalue weighted by molar-refractivity contribution is 0.0617. The zero-order valence-corrected chi connectivity index (χ0v) is 13.7. The van der Waals surface area contributed by atoms with Gasteiger partial charge in [0.1, 0.15) is 0 Å². The predicted molar refractivity (Wildman–Crippen MR) is 85.6 cm³/mol. The van der Waals surface area contributed by atoms with Gasteiger partial charge in [-0.15, -0.1) is 0 Å². The van der Waals surface area contributed by atoms with Gasteiger partial charge < -0.3 is 15.0 Å². The standard InChI is InChI=1S/C16H28N4O/c1-16(2,20-10-8-19(3)9-11-20)13-17-12-14-6-5-7-15(18-14)21-4/h5-7,17H,8-13H2,1-4H3. The third kappa shape index (κ3) is 4.66. The lowest BCUT2D eigenvalue weighted by Gasteiger charge is -2.43. The summed E-state index contributed by atoms with van der Waals surface area (Å²) in [6, 6.07) is 5.88. The van der Waals surface area contributed by atoms with E-state index in [0.29, 0.717) is 5.88 Å². The van der Waals surface area contributed by atoms with Crippen molar-refractivity contribution in [2.45, 2.75) is 25.9 Å². The van der Waals surface area contributed by atoms with Crippen LogP contribution in [0.3, 0.4) is 0 Å². The van der Waals surface area contributed by atoms with E-state index in [2.05, 4.69) is 41.0 Å². The van der Waals surface area contributed by atoms with Crippen LogP contribution < -0.4 is 10.1 Å². The van der Waals surface area contributed by atoms with Gasteiger partial charge >= 0.3 is 0 Å². The fourth-order valence-electron chi connectivity index (χ4n) is 2.69. The smallest absolute Gasteiger partial charge is 0.213 e. The molecular weight excluding hydrogens is 264 g/mol. The van der Waals surface area contributed by atoms with Crippen LogP contribution >= 0.6 is 0 Å². The Morgan fingerprint density at radius 1 is 1.24 bits per heavy atom. The zero-order chi connectivity index (χ0) is 15.3. The maximum atomic E-state index is 5.16. The Morgan fingerprint density at radius 2 is 1.95 bits per heavy atom. The number of nitrogens with zero attached hydrogens (tertiary/aromatic N) is 3. The summed E-state index contributed by atoms with van der Waals surface area (Å²) in [7, 11) is 3.84. The van der Waals surface area contributed by atoms with Gasteiger partial charge in [-0.25, -0.2) is 4.98 Å². The number of aromatic nitrogens is 1. The Labute approximate surface area is 128 Å². The number of pyridine rings is 1. The number of likely N-dealkylation sites (N-methyl/N-ethyl adjacent to an activating group) is 1. The molecule has 5 heteroatoms. The van der Waals surface area contributed by atoms with Crippen molar-refractivity contribution in [3.63, 3.8) is 0 Å². The van der Waals surface area contributed by atoms with Gasteiger partial charge in [0.15, 0.2) is 0 Å². The van der Waals surface area contributed by atoms with Gasteiger partial charge in [-0.2, -0.15) is 0 Å². The van der Waals surface area contributed by atoms with E-state index in [4.69, 9.17) is 4.74 Å². The second-order valence-corrected chi connectivity index (χ2v) is 6.38. The third-order valence-electron chi connectivity index (χ3n) is 4.21. The molecular formula is C16H28N4O. The fraction of sp³-hybridized carbons (Fsp3) is 0.688. The summed E-state index contributed by atoms with van der Waals surface area (Å²) in [5, 5.41) is 3.53. The van der Waals surface area contributed by atoms with Crippen LogP contribution in [0, 0.1) is 0 Å². The third-order valence-corrected chi connectivity index (χ3v) is 4.21. The van der Waals surface area contributed by atoms with Crippen LogP contribution in [-0.2, 0) is 6.54 Å². The fourth-order valence-corrected chi connectivity index (χ4v) is 2.69. The van der Waals surface area contributed by atoms with Gasteiger partial charge in [0, 0.05) is 50.9 Å². The molecule has 0 radical (unpaired) electrons. The van der Waals surface area contributed by atoms with Crippen LogP contribution in [-0.4, -0.2) is 67.2 Å². The molecule has 1 aromatic heterocycles. The highest BCUT2D eigenvalue weighted by atomic mass is 16.5. The first-order valence-corrected chi connectivity index (χ1v) is 7.65. The predicted octanol–water partition coefficient (Wildman–Crippen LogP) is 1.21. The molecule has 1 saturated heterocycles. The van der Waals surface area contributed by atoms with Crippen molar-refractivity contribution in [1.82, 2.24) is 20.1 Å². The Hall–Kier alpha value is -1.17. The van der Waals surface area contributed by atoms with E-state index in [1.807, 2.05) is 18.2 Å². The van der Waals surface area contributed by atoms with Crippen LogP contribution in [0.1, 0.15) is 19.5 Å². The normalized spacial score (nSPS) is 17.9. The molecule has 5 nitrogen and oxygen atoms in total. The van der Waals surface area contributed by atoms with Gasteiger partial charge in [-0.1, -0.05) is 6.07 Å². The maximum absolute atomic E-state index is 5.16. The summed E-state index contributed by atoms with van der Waals surface area (Å²) in [6.45, 7) is 10.9. The van der Waals surface area contributed by atoms with Crippen LogP contribution in [0.5, 0.6) is 5.88 Å². The quantitative estimate of drug-likeness (QED) is 0.853. The van der Waals surface area contributed by atoms with E-state index in [-0.39, 0.29) is 5.54 Å². The molecule has 118 valence electrons. The van der Waals surface area contributed by atoms with Crippen molar-refractivity contribution in [2.75, 3.05) is 46.9 Å². The summed E-state index contributed by atoms with van der Waals surface area (Å²) in [5.41, 5.74) is 1.18. The molecule has 0 unspecified atom stereocenters. The second kappa shape index (κ2) is 7.20. The SMILES string of the molecule is COc1cccc(CNCC(C)(C)N2CCN(C)CC2)n1. The Balaban J connectivity index is 1.81. The minimum absolute atomic E-state index is 0.167. The van der Waals surface area contributed by atoms with Gasteiger partial charge in [-0.3, -0.25) is 4.90 Å². The van der Waals surface area contributed by atoms with Gasteiger partial charge in [0.25, 0.3) is 0 Å². The number of rotatable bonds is 6. The Bertz CT molecular complexity index is 442. The highest BCUT2D eigenvalue weighted by Crippen LogP contribution is 2.16. The average Bonchev–Trinajstić information content (AvgIpc) is 2.48. The molecule has 1 aliphatic rings. The molecule has 1 N–H and O–H groups in total. The Morgan fingerprint density at radius 3 is 2.62 bits per heavy atom. The van der Waals surface area contributed by atoms with E-state index in [0.717, 1.165) is 45.0 Å². The van der Waals surface area contributed by atoms with E-state index in [1.165, 1.54) is 0 Å². The van der Waals surface area contributed by atoms with Crippen LogP contribution in [0.2, 0.25) is 0 Å². The van der Waals surface area contributed by atoms with Crippen molar-refractivity contribution in [1.29, 1.82) is 0 Å². The number of methoxy groups -OCH3 is 1. The van der Waals surface area contributed by atoms with Crippen molar-refractivity contribution in [3.05, 3.63) is 23.9 Å². The molecule has 0 atom stereocenters. The first kappa shape index (κ1) is 16.2. The zero-order valence-electron chi connectivity index (χ0n) is 13.7. The first-order valence-electron chi connectivity index (χ1n) is 7.65. The monoisotopic (exact) mass is 292 g/mol. The van der Waals surface area contributed by atoms with Gasteiger partial charge in [0.05, 0.1) is 12.8 Å². The van der Waals surface area contributed by atoms with Crippen molar-refractivity contribution in [3.8, 4) is 5.88 Å². The molecule has 0 aliphatic carbocycles. The van der Waals surface area contributed by atoms with E-state index in [1.54, 1.807) is 7.11 Å². The molecule has 1 fully saturated rings. The molecule has 0 amide bonds. The molecule has 21 heavy (non-hydrogen) atoms. The van der Waals surface area contributed by atoms with Crippen LogP contribution in [0.15, 0.2) is 18.2 Å². The van der Waals surface area contributed by atoms with Crippen molar-refractivity contribution in [2.24, 2.45) is 0 Å². The van der Waals surface area contributed by atoms with Crippen molar-refractivity contribution < 1.29 is 4.74 Å². The molecule has 0 aromatic carbocycles. The van der Waals surface area contributed by atoms with E-state index >= 15 is 0 Å². The van der Waals surface area contributed by atoms with E-state index in [9.17, 15) is 0 Å². The number of ether oxygens (including phenoxy) is 1. The molecule has 0 spiro atoms. The molecule has 2 heterocycles. The highest BCUT2D eigenvalue weighted by Gasteiger charge is 2.28. The summed E-state index contributed by atoms with van der Waals surface area (Å²) >= 11 is 0. The highest BCUT2D eigenvalue weighted by molar-refractivity contribution is 5.15. The molecule has 1 aromatic rings. The van der Waals surface area contributed by atoms with Gasteiger partial charge in [0.2, 0.25) is 5.88 Å². The van der Waals surface area contributed by atoms with E-state index < -0.39 is 0 Å². The first-order chi connectivity index (χ1) is 10.0. The summed E-state index contributed by atoms with van der Waals surface area (Å²) in [5.74, 6) is 0.674. The molecule has 0 bridgehead atoms. The minimum atomic E-state index is 0.167. The minimum Gasteiger partial charge on any atom is -0.481 e. The topological polar surface area (TPSA) is 40.6 Å². The summed E-state index contributed by atoms with van der Waals surface area (Å²) in [4.78, 5) is 9.39. The van der Waals surface area contributed by atoms with Crippen LogP contribution in [0.4, 0.5) is 0 Å². The lowest BCUT2D eigenvalue weighted by Crippen LogP contribution is -2.57. The van der Waals surface area contributed by atoms with Crippen molar-refractivity contribution >= 4 is 0 Å². The Kier molecular flexibility index (Phi) is 5.56. The largest absolute Gasteiger partial charge is 0.481 e. The maximum Gasteiger partial charge on any atom is 0.213 e. The average molecular weight is 292 g/mol. The molecule has 1 aliphatic heterocycles. The second-order valence-electron chi connectivity index (χ2n) is 6.38. The number of hydrogen-bond acceptors (Lipinski definition) is 5. The number of nitrogens with one attached hydrogen (secondary N) is 1. The van der Waals surface area contributed by atoms with Crippen LogP contribution in [0.25, 0.3) is 0 Å². The molecule has 0 saturated carbocycles.